The molecule has 4 unspecified atom stereocenters. The summed E-state index contributed by atoms with van der Waals surface area (Å²) in [4.78, 5) is 25.7. The van der Waals surface area contributed by atoms with Crippen LogP contribution in [-0.2, 0) is 14.3 Å². The molecular formula is C27H34O3S. The fraction of sp³-hybridized carbons (Fsp3) is 0.630. The maximum atomic E-state index is 13.2. The SMILES string of the molecule is CC(=O)OC1CC[C@@H]2C3CC[C@]4(C)C(C(=O)Sc5ccccc5)=CCC4C3CC[C@H]2C1. The first-order valence-electron chi connectivity index (χ1n) is 12.1. The second-order valence-corrected chi connectivity index (χ2v) is 11.5. The average molecular weight is 439 g/mol. The van der Waals surface area contributed by atoms with Crippen LogP contribution in [0, 0.1) is 35.0 Å². The largest absolute Gasteiger partial charge is 0.463 e. The summed E-state index contributed by atoms with van der Waals surface area (Å²) in [6.07, 6.45) is 11.7. The van der Waals surface area contributed by atoms with Gasteiger partial charge in [-0.05, 0) is 110 Å². The first-order valence-corrected chi connectivity index (χ1v) is 12.9. The third-order valence-corrected chi connectivity index (χ3v) is 9.91. The van der Waals surface area contributed by atoms with Crippen molar-refractivity contribution in [1.82, 2.24) is 0 Å². The summed E-state index contributed by atoms with van der Waals surface area (Å²) in [7, 11) is 0. The maximum Gasteiger partial charge on any atom is 0.302 e. The highest BCUT2D eigenvalue weighted by Gasteiger charge is 2.55. The van der Waals surface area contributed by atoms with E-state index in [2.05, 4.69) is 13.0 Å². The number of benzene rings is 1. The molecule has 0 bridgehead atoms. The molecule has 5 rings (SSSR count). The molecule has 31 heavy (non-hydrogen) atoms. The number of hydrogen-bond acceptors (Lipinski definition) is 4. The van der Waals surface area contributed by atoms with Crippen LogP contribution in [0.4, 0.5) is 0 Å². The summed E-state index contributed by atoms with van der Waals surface area (Å²) in [6.45, 7) is 3.91. The van der Waals surface area contributed by atoms with Crippen molar-refractivity contribution < 1.29 is 14.3 Å². The summed E-state index contributed by atoms with van der Waals surface area (Å²) in [5.74, 6) is 3.52. The second-order valence-electron chi connectivity index (χ2n) is 10.5. The Morgan fingerprint density at radius 3 is 2.55 bits per heavy atom. The fourth-order valence-corrected chi connectivity index (χ4v) is 8.62. The number of fused-ring (bicyclic) bond motifs is 5. The van der Waals surface area contributed by atoms with Crippen LogP contribution in [0.15, 0.2) is 46.9 Å². The van der Waals surface area contributed by atoms with Crippen LogP contribution < -0.4 is 0 Å². The first-order chi connectivity index (χ1) is 15.0. The number of carbonyl (C=O) groups excluding carboxylic acids is 2. The van der Waals surface area contributed by atoms with Crippen LogP contribution in [0.1, 0.15) is 65.2 Å². The third-order valence-electron chi connectivity index (χ3n) is 8.99. The van der Waals surface area contributed by atoms with E-state index in [0.717, 1.165) is 53.9 Å². The number of thioether (sulfide) groups is 1. The molecule has 0 aromatic heterocycles. The van der Waals surface area contributed by atoms with Crippen LogP contribution in [-0.4, -0.2) is 17.2 Å². The predicted molar refractivity (Wildman–Crippen MR) is 123 cm³/mol. The minimum atomic E-state index is -0.131. The van der Waals surface area contributed by atoms with Crippen molar-refractivity contribution in [2.45, 2.75) is 76.2 Å². The lowest BCUT2D eigenvalue weighted by atomic mass is 9.50. The van der Waals surface area contributed by atoms with E-state index in [0.29, 0.717) is 11.8 Å². The Hall–Kier alpha value is -1.55. The number of ether oxygens (including phenoxy) is 1. The monoisotopic (exact) mass is 438 g/mol. The topological polar surface area (TPSA) is 43.4 Å². The molecule has 3 nitrogen and oxygen atoms in total. The molecule has 7 atom stereocenters. The van der Waals surface area contributed by atoms with Gasteiger partial charge >= 0.3 is 5.97 Å². The molecule has 0 aliphatic heterocycles. The third kappa shape index (κ3) is 3.90. The van der Waals surface area contributed by atoms with Gasteiger partial charge in [0, 0.05) is 17.4 Å². The van der Waals surface area contributed by atoms with Gasteiger partial charge in [-0.25, -0.2) is 0 Å². The number of hydrogen-bond donors (Lipinski definition) is 0. The van der Waals surface area contributed by atoms with E-state index < -0.39 is 0 Å². The molecule has 1 aromatic carbocycles. The standard InChI is InChI=1S/C27H34O3S/c1-17(28)30-19-9-11-21-18(16-19)8-10-23-22(21)14-15-27(2)24(23)12-13-25(27)26(29)31-20-6-4-3-5-7-20/h3-7,13,18-19,21-24H,8-12,14-16H2,1-2H3/t18-,19?,21-,22?,23?,24?,27-/m0/s1. The van der Waals surface area contributed by atoms with Crippen LogP contribution in [0.25, 0.3) is 0 Å². The number of carbonyl (C=O) groups is 2. The van der Waals surface area contributed by atoms with Gasteiger partial charge in [0.15, 0.2) is 0 Å². The summed E-state index contributed by atoms with van der Waals surface area (Å²) in [5, 5.41) is 0.255. The molecule has 4 aliphatic carbocycles. The van der Waals surface area contributed by atoms with Crippen molar-refractivity contribution >= 4 is 22.8 Å². The number of esters is 1. The van der Waals surface area contributed by atoms with Crippen LogP contribution in [0.3, 0.4) is 0 Å². The Morgan fingerprint density at radius 1 is 1.00 bits per heavy atom. The molecule has 3 fully saturated rings. The lowest BCUT2D eigenvalue weighted by Crippen LogP contribution is -2.49. The van der Waals surface area contributed by atoms with E-state index in [1.54, 1.807) is 0 Å². The number of allylic oxidation sites excluding steroid dienone is 1. The lowest BCUT2D eigenvalue weighted by Gasteiger charge is -2.55. The Balaban J connectivity index is 1.28. The van der Waals surface area contributed by atoms with Crippen LogP contribution in [0.5, 0.6) is 0 Å². The first kappa shape index (κ1) is 21.3. The molecule has 166 valence electrons. The zero-order valence-corrected chi connectivity index (χ0v) is 19.5. The predicted octanol–water partition coefficient (Wildman–Crippen LogP) is 6.43. The second kappa shape index (κ2) is 8.42. The normalized spacial score (nSPS) is 39.0. The van der Waals surface area contributed by atoms with Crippen molar-refractivity contribution in [3.63, 3.8) is 0 Å². The molecule has 0 spiro atoms. The summed E-state index contributed by atoms with van der Waals surface area (Å²) in [6, 6.07) is 10.1. The van der Waals surface area contributed by atoms with Crippen LogP contribution >= 0.6 is 11.8 Å². The summed E-state index contributed by atoms with van der Waals surface area (Å²) in [5.41, 5.74) is 1.13. The van der Waals surface area contributed by atoms with Gasteiger partial charge in [0.2, 0.25) is 5.12 Å². The van der Waals surface area contributed by atoms with Gasteiger partial charge in [0.05, 0.1) is 0 Å². The zero-order valence-electron chi connectivity index (χ0n) is 18.7. The van der Waals surface area contributed by atoms with Gasteiger partial charge in [-0.15, -0.1) is 0 Å². The lowest BCUT2D eigenvalue weighted by molar-refractivity contribution is -0.151. The Morgan fingerprint density at radius 2 is 1.77 bits per heavy atom. The molecule has 0 amide bonds. The van der Waals surface area contributed by atoms with Crippen LogP contribution in [0.2, 0.25) is 0 Å². The fourth-order valence-electron chi connectivity index (χ4n) is 7.69. The zero-order chi connectivity index (χ0) is 21.6. The van der Waals surface area contributed by atoms with E-state index in [1.807, 2.05) is 30.3 Å². The Kier molecular flexibility index (Phi) is 5.79. The van der Waals surface area contributed by atoms with Crippen molar-refractivity contribution in [3.8, 4) is 0 Å². The average Bonchev–Trinajstić information content (AvgIpc) is 3.11. The molecule has 0 heterocycles. The maximum absolute atomic E-state index is 13.2. The molecule has 1 aromatic rings. The highest BCUT2D eigenvalue weighted by atomic mass is 32.2. The van der Waals surface area contributed by atoms with Crippen molar-refractivity contribution in [2.75, 3.05) is 0 Å². The smallest absolute Gasteiger partial charge is 0.302 e. The molecule has 0 radical (unpaired) electrons. The Labute approximate surface area is 190 Å². The molecule has 4 heteroatoms. The van der Waals surface area contributed by atoms with Gasteiger partial charge < -0.3 is 4.74 Å². The molecule has 0 N–H and O–H groups in total. The van der Waals surface area contributed by atoms with Gasteiger partial charge in [-0.2, -0.15) is 0 Å². The molecule has 3 saturated carbocycles. The van der Waals surface area contributed by atoms with Gasteiger partial charge in [0.25, 0.3) is 0 Å². The molecule has 4 aliphatic rings. The minimum Gasteiger partial charge on any atom is -0.463 e. The van der Waals surface area contributed by atoms with Crippen molar-refractivity contribution in [2.24, 2.45) is 35.0 Å². The van der Waals surface area contributed by atoms with Gasteiger partial charge in [-0.1, -0.05) is 31.2 Å². The van der Waals surface area contributed by atoms with E-state index in [1.165, 1.54) is 44.4 Å². The van der Waals surface area contributed by atoms with Crippen molar-refractivity contribution in [1.29, 1.82) is 0 Å². The Bertz CT molecular complexity index is 878. The van der Waals surface area contributed by atoms with E-state index in [9.17, 15) is 9.59 Å². The molecule has 0 saturated heterocycles. The number of rotatable bonds is 3. The van der Waals surface area contributed by atoms with Crippen molar-refractivity contribution in [3.05, 3.63) is 42.0 Å². The summed E-state index contributed by atoms with van der Waals surface area (Å²) < 4.78 is 5.56. The molecular weight excluding hydrogens is 404 g/mol. The van der Waals surface area contributed by atoms with Gasteiger partial charge in [-0.3, -0.25) is 9.59 Å². The van der Waals surface area contributed by atoms with Gasteiger partial charge in [0.1, 0.15) is 6.10 Å². The highest BCUT2D eigenvalue weighted by Crippen LogP contribution is 2.63. The highest BCUT2D eigenvalue weighted by molar-refractivity contribution is 8.14. The quantitative estimate of drug-likeness (QED) is 0.403. The summed E-state index contributed by atoms with van der Waals surface area (Å²) >= 11 is 1.40. The minimum absolute atomic E-state index is 0.0435. The van der Waals surface area contributed by atoms with E-state index in [4.69, 9.17) is 4.74 Å². The van der Waals surface area contributed by atoms with E-state index in [-0.39, 0.29) is 22.6 Å². The van der Waals surface area contributed by atoms with E-state index >= 15 is 0 Å².